The summed E-state index contributed by atoms with van der Waals surface area (Å²) in [7, 11) is 0. The molecule has 1 heterocycles. The maximum Gasteiger partial charge on any atom is 0.265 e. The largest absolute Gasteiger partial charge is 0.284 e. The first-order valence-corrected chi connectivity index (χ1v) is 5.22. The van der Waals surface area contributed by atoms with Crippen molar-refractivity contribution in [2.24, 2.45) is 0 Å². The van der Waals surface area contributed by atoms with Gasteiger partial charge in [-0.3, -0.25) is 10.2 Å². The van der Waals surface area contributed by atoms with Crippen LogP contribution in [0.2, 0.25) is 0 Å². The van der Waals surface area contributed by atoms with E-state index in [1.54, 1.807) is 0 Å². The van der Waals surface area contributed by atoms with Crippen molar-refractivity contribution in [1.29, 1.82) is 0 Å². The molecule has 4 heteroatoms. The van der Waals surface area contributed by atoms with Crippen LogP contribution in [0.15, 0.2) is 36.4 Å². The van der Waals surface area contributed by atoms with E-state index in [0.717, 1.165) is 13.0 Å². The molecule has 0 radical (unpaired) electrons. The van der Waals surface area contributed by atoms with E-state index in [1.165, 1.54) is 24.3 Å². The van der Waals surface area contributed by atoms with Crippen molar-refractivity contribution in [3.05, 3.63) is 47.8 Å². The van der Waals surface area contributed by atoms with E-state index in [1.807, 2.05) is 11.1 Å². The lowest BCUT2D eigenvalue weighted by atomic mass is 10.2. The second kappa shape index (κ2) is 4.90. The average Bonchev–Trinajstić information content (AvgIpc) is 2.31. The van der Waals surface area contributed by atoms with Crippen LogP contribution in [0.4, 0.5) is 4.39 Å². The molecule has 0 aliphatic carbocycles. The Kier molecular flexibility index (Phi) is 3.31. The molecule has 0 atom stereocenters. The fraction of sp³-hybridized carbons (Fsp3) is 0.250. The number of hydrazine groups is 1. The standard InChI is InChI=1S/C12H13FN2O/c13-11-6-4-10(5-7-11)12(16)14-15-8-2-1-3-9-15/h1-2,4-7H,3,8-9H2,(H,14,16). The van der Waals surface area contributed by atoms with Gasteiger partial charge in [0.2, 0.25) is 0 Å². The van der Waals surface area contributed by atoms with Gasteiger partial charge in [0.1, 0.15) is 5.82 Å². The minimum Gasteiger partial charge on any atom is -0.284 e. The van der Waals surface area contributed by atoms with Crippen LogP contribution < -0.4 is 5.43 Å². The molecule has 0 aromatic heterocycles. The summed E-state index contributed by atoms with van der Waals surface area (Å²) in [5.74, 6) is -0.534. The van der Waals surface area contributed by atoms with Gasteiger partial charge in [-0.25, -0.2) is 9.40 Å². The molecule has 1 aliphatic rings. The quantitative estimate of drug-likeness (QED) is 0.770. The van der Waals surface area contributed by atoms with E-state index in [4.69, 9.17) is 0 Å². The number of carbonyl (C=O) groups is 1. The van der Waals surface area contributed by atoms with Crippen molar-refractivity contribution in [2.75, 3.05) is 13.1 Å². The molecule has 0 fully saturated rings. The number of carbonyl (C=O) groups excluding carboxylic acids is 1. The van der Waals surface area contributed by atoms with Gasteiger partial charge < -0.3 is 0 Å². The summed E-state index contributed by atoms with van der Waals surface area (Å²) in [4.78, 5) is 11.7. The molecule has 1 amide bonds. The van der Waals surface area contributed by atoms with E-state index < -0.39 is 0 Å². The first kappa shape index (κ1) is 10.8. The summed E-state index contributed by atoms with van der Waals surface area (Å²) >= 11 is 0. The van der Waals surface area contributed by atoms with Crippen LogP contribution in [0.1, 0.15) is 16.8 Å². The molecule has 0 saturated carbocycles. The minimum atomic E-state index is -0.336. The zero-order valence-corrected chi connectivity index (χ0v) is 8.82. The Balaban J connectivity index is 1.97. The Bertz CT molecular complexity index is 400. The van der Waals surface area contributed by atoms with Crippen molar-refractivity contribution in [3.63, 3.8) is 0 Å². The molecular formula is C12H13FN2O. The topological polar surface area (TPSA) is 32.3 Å². The molecule has 0 spiro atoms. The summed E-state index contributed by atoms with van der Waals surface area (Å²) in [6.07, 6.45) is 5.03. The highest BCUT2D eigenvalue weighted by atomic mass is 19.1. The van der Waals surface area contributed by atoms with Crippen LogP contribution in [0.25, 0.3) is 0 Å². The number of benzene rings is 1. The fourth-order valence-electron chi connectivity index (χ4n) is 1.55. The van der Waals surface area contributed by atoms with Crippen LogP contribution in [0, 0.1) is 5.82 Å². The molecule has 1 aromatic carbocycles. The Hall–Kier alpha value is -1.68. The van der Waals surface area contributed by atoms with Crippen LogP contribution >= 0.6 is 0 Å². The minimum absolute atomic E-state index is 0.199. The number of hydrogen-bond acceptors (Lipinski definition) is 2. The van der Waals surface area contributed by atoms with Gasteiger partial charge in [0.15, 0.2) is 0 Å². The molecule has 0 bridgehead atoms. The van der Waals surface area contributed by atoms with Crippen molar-refractivity contribution >= 4 is 5.91 Å². The zero-order valence-electron chi connectivity index (χ0n) is 8.82. The number of hydrogen-bond donors (Lipinski definition) is 1. The van der Waals surface area contributed by atoms with Gasteiger partial charge in [0.05, 0.1) is 0 Å². The lowest BCUT2D eigenvalue weighted by Gasteiger charge is -2.23. The maximum absolute atomic E-state index is 12.7. The van der Waals surface area contributed by atoms with E-state index in [-0.39, 0.29) is 11.7 Å². The second-order valence-corrected chi connectivity index (χ2v) is 3.65. The number of halogens is 1. The van der Waals surface area contributed by atoms with Gasteiger partial charge in [-0.05, 0) is 30.7 Å². The summed E-state index contributed by atoms with van der Waals surface area (Å²) in [6.45, 7) is 1.52. The van der Waals surface area contributed by atoms with E-state index in [9.17, 15) is 9.18 Å². The highest BCUT2D eigenvalue weighted by Crippen LogP contribution is 2.04. The summed E-state index contributed by atoms with van der Waals surface area (Å²) in [5, 5.41) is 1.84. The van der Waals surface area contributed by atoms with Crippen LogP contribution in [-0.2, 0) is 0 Å². The van der Waals surface area contributed by atoms with Crippen LogP contribution in [0.3, 0.4) is 0 Å². The second-order valence-electron chi connectivity index (χ2n) is 3.65. The predicted molar refractivity (Wildman–Crippen MR) is 59.2 cm³/mol. The predicted octanol–water partition coefficient (Wildman–Crippen LogP) is 1.73. The Morgan fingerprint density at radius 1 is 1.25 bits per heavy atom. The van der Waals surface area contributed by atoms with Gasteiger partial charge in [-0.2, -0.15) is 0 Å². The molecule has 1 N–H and O–H groups in total. The molecule has 3 nitrogen and oxygen atoms in total. The molecule has 2 rings (SSSR count). The Labute approximate surface area is 93.5 Å². The molecule has 0 unspecified atom stereocenters. The third kappa shape index (κ3) is 2.67. The summed E-state index contributed by atoms with van der Waals surface area (Å²) in [6, 6.07) is 5.52. The Morgan fingerprint density at radius 3 is 2.62 bits per heavy atom. The molecule has 84 valence electrons. The third-order valence-electron chi connectivity index (χ3n) is 2.42. The maximum atomic E-state index is 12.7. The first-order valence-electron chi connectivity index (χ1n) is 5.22. The molecular weight excluding hydrogens is 207 g/mol. The van der Waals surface area contributed by atoms with Crippen LogP contribution in [0.5, 0.6) is 0 Å². The molecule has 0 saturated heterocycles. The van der Waals surface area contributed by atoms with Crippen molar-refractivity contribution < 1.29 is 9.18 Å². The van der Waals surface area contributed by atoms with E-state index in [2.05, 4.69) is 11.5 Å². The van der Waals surface area contributed by atoms with Crippen LogP contribution in [-0.4, -0.2) is 24.0 Å². The molecule has 1 aliphatic heterocycles. The number of amides is 1. The van der Waals surface area contributed by atoms with Gasteiger partial charge in [0, 0.05) is 18.7 Å². The highest BCUT2D eigenvalue weighted by molar-refractivity contribution is 5.93. The normalized spacial score (nSPS) is 16.1. The van der Waals surface area contributed by atoms with Gasteiger partial charge in [-0.15, -0.1) is 0 Å². The van der Waals surface area contributed by atoms with Gasteiger partial charge in [0.25, 0.3) is 5.91 Å². The van der Waals surface area contributed by atoms with Crippen molar-refractivity contribution in [1.82, 2.24) is 10.4 Å². The fourth-order valence-corrected chi connectivity index (χ4v) is 1.55. The lowest BCUT2D eigenvalue weighted by molar-refractivity contribution is 0.0804. The number of nitrogens with zero attached hydrogens (tertiary/aromatic N) is 1. The smallest absolute Gasteiger partial charge is 0.265 e. The summed E-state index contributed by atoms with van der Waals surface area (Å²) < 4.78 is 12.7. The third-order valence-corrected chi connectivity index (χ3v) is 2.42. The monoisotopic (exact) mass is 220 g/mol. The van der Waals surface area contributed by atoms with E-state index >= 15 is 0 Å². The Morgan fingerprint density at radius 2 is 2.00 bits per heavy atom. The number of nitrogens with one attached hydrogen (secondary N) is 1. The SMILES string of the molecule is O=C(NN1CC=CCC1)c1ccc(F)cc1. The highest BCUT2D eigenvalue weighted by Gasteiger charge is 2.11. The molecule has 1 aromatic rings. The van der Waals surface area contributed by atoms with Crippen molar-refractivity contribution in [2.45, 2.75) is 6.42 Å². The van der Waals surface area contributed by atoms with Gasteiger partial charge in [-0.1, -0.05) is 12.2 Å². The van der Waals surface area contributed by atoms with Crippen molar-refractivity contribution in [3.8, 4) is 0 Å². The number of rotatable bonds is 2. The average molecular weight is 220 g/mol. The zero-order chi connectivity index (χ0) is 11.4. The first-order chi connectivity index (χ1) is 7.75. The van der Waals surface area contributed by atoms with E-state index in [0.29, 0.717) is 12.1 Å². The lowest BCUT2D eigenvalue weighted by Crippen LogP contribution is -2.43. The summed E-state index contributed by atoms with van der Waals surface area (Å²) in [5.41, 5.74) is 3.24. The molecule has 16 heavy (non-hydrogen) atoms. The van der Waals surface area contributed by atoms with Gasteiger partial charge >= 0.3 is 0 Å².